The minimum atomic E-state index is -0.298. The van der Waals surface area contributed by atoms with Crippen LogP contribution in [0.2, 0.25) is 0 Å². The van der Waals surface area contributed by atoms with Gasteiger partial charge in [0.15, 0.2) is 0 Å². The highest BCUT2D eigenvalue weighted by molar-refractivity contribution is 14.1. The zero-order chi connectivity index (χ0) is 17.4. The summed E-state index contributed by atoms with van der Waals surface area (Å²) in [6, 6.07) is 8.07. The molecular formula is C19H27IO4. The van der Waals surface area contributed by atoms with Crippen molar-refractivity contribution in [1.82, 2.24) is 0 Å². The van der Waals surface area contributed by atoms with Crippen molar-refractivity contribution < 1.29 is 19.0 Å². The minimum Gasteiger partial charge on any atom is -0.459 e. The second kappa shape index (κ2) is 10.4. The van der Waals surface area contributed by atoms with Crippen LogP contribution in [0.4, 0.5) is 0 Å². The first kappa shape index (κ1) is 19.7. The number of hydrogen-bond acceptors (Lipinski definition) is 4. The summed E-state index contributed by atoms with van der Waals surface area (Å²) in [5.74, 6) is 0.426. The lowest BCUT2D eigenvalue weighted by molar-refractivity contribution is -0.167. The molecule has 2 rings (SSSR count). The van der Waals surface area contributed by atoms with Gasteiger partial charge in [0, 0.05) is 17.1 Å². The predicted molar refractivity (Wildman–Crippen MR) is 102 cm³/mol. The van der Waals surface area contributed by atoms with Crippen LogP contribution in [0.3, 0.4) is 0 Å². The van der Waals surface area contributed by atoms with Crippen molar-refractivity contribution in [3.63, 3.8) is 0 Å². The summed E-state index contributed by atoms with van der Waals surface area (Å²) in [6.07, 6.45) is 5.11. The molecule has 0 aliphatic heterocycles. The van der Waals surface area contributed by atoms with Crippen molar-refractivity contribution in [3.05, 3.63) is 33.4 Å². The summed E-state index contributed by atoms with van der Waals surface area (Å²) in [4.78, 5) is 12.3. The number of carbonyl (C=O) groups excluding carboxylic acids is 1. The van der Waals surface area contributed by atoms with Gasteiger partial charge in [-0.05, 0) is 65.8 Å². The summed E-state index contributed by atoms with van der Waals surface area (Å²) in [7, 11) is 1.60. The Morgan fingerprint density at radius 3 is 2.71 bits per heavy atom. The van der Waals surface area contributed by atoms with Gasteiger partial charge < -0.3 is 14.2 Å². The number of rotatable bonds is 11. The molecule has 0 N–H and O–H groups in total. The van der Waals surface area contributed by atoms with E-state index >= 15 is 0 Å². The second-order valence-electron chi connectivity index (χ2n) is 6.33. The smallest absolute Gasteiger partial charge is 0.306 e. The molecule has 1 aliphatic carbocycles. The van der Waals surface area contributed by atoms with Gasteiger partial charge >= 0.3 is 5.97 Å². The summed E-state index contributed by atoms with van der Waals surface area (Å²) < 4.78 is 18.0. The number of methoxy groups -OCH3 is 1. The number of halogens is 1. The predicted octanol–water partition coefficient (Wildman–Crippen LogP) is 4.85. The largest absolute Gasteiger partial charge is 0.459 e. The van der Waals surface area contributed by atoms with Gasteiger partial charge in [0.25, 0.3) is 0 Å². The Morgan fingerprint density at radius 1 is 1.33 bits per heavy atom. The summed E-state index contributed by atoms with van der Waals surface area (Å²) >= 11 is 2.30. The Morgan fingerprint density at radius 2 is 2.08 bits per heavy atom. The fourth-order valence-corrected chi connectivity index (χ4v) is 3.39. The lowest BCUT2D eigenvalue weighted by Crippen LogP contribution is -2.29. The van der Waals surface area contributed by atoms with Crippen molar-refractivity contribution in [3.8, 4) is 0 Å². The number of carbonyl (C=O) groups is 1. The van der Waals surface area contributed by atoms with Crippen LogP contribution >= 0.6 is 22.6 Å². The van der Waals surface area contributed by atoms with E-state index in [9.17, 15) is 4.79 Å². The highest BCUT2D eigenvalue weighted by atomic mass is 127. The molecular weight excluding hydrogens is 419 g/mol. The van der Waals surface area contributed by atoms with E-state index in [1.54, 1.807) is 7.11 Å². The molecule has 0 heterocycles. The van der Waals surface area contributed by atoms with Crippen molar-refractivity contribution in [2.75, 3.05) is 13.9 Å². The van der Waals surface area contributed by atoms with Crippen molar-refractivity contribution in [1.29, 1.82) is 0 Å². The highest BCUT2D eigenvalue weighted by Crippen LogP contribution is 2.34. The lowest BCUT2D eigenvalue weighted by atomic mass is 9.99. The van der Waals surface area contributed by atoms with Gasteiger partial charge in [-0.3, -0.25) is 4.79 Å². The van der Waals surface area contributed by atoms with E-state index in [1.807, 2.05) is 24.3 Å². The van der Waals surface area contributed by atoms with Crippen LogP contribution in [0.5, 0.6) is 0 Å². The first-order chi connectivity index (χ1) is 11.7. The quantitative estimate of drug-likeness (QED) is 0.277. The van der Waals surface area contributed by atoms with Crippen LogP contribution in [-0.4, -0.2) is 26.0 Å². The topological polar surface area (TPSA) is 44.8 Å². The third-order valence-corrected chi connectivity index (χ3v) is 5.17. The second-order valence-corrected chi connectivity index (χ2v) is 7.50. The average Bonchev–Trinajstić information content (AvgIpc) is 3.37. The maximum Gasteiger partial charge on any atom is 0.306 e. The van der Waals surface area contributed by atoms with Crippen molar-refractivity contribution in [2.24, 2.45) is 5.92 Å². The molecule has 0 amide bonds. The zero-order valence-electron chi connectivity index (χ0n) is 14.5. The number of benzene rings is 1. The number of esters is 1. The molecule has 0 aromatic heterocycles. The molecule has 24 heavy (non-hydrogen) atoms. The Balaban J connectivity index is 2.14. The van der Waals surface area contributed by atoms with Gasteiger partial charge in [0.1, 0.15) is 19.0 Å². The van der Waals surface area contributed by atoms with E-state index in [1.165, 1.54) is 0 Å². The van der Waals surface area contributed by atoms with Crippen molar-refractivity contribution >= 4 is 28.6 Å². The van der Waals surface area contributed by atoms with Gasteiger partial charge in [-0.2, -0.15) is 0 Å². The Hall–Kier alpha value is -0.660. The Bertz CT molecular complexity index is 516. The summed E-state index contributed by atoms with van der Waals surface area (Å²) in [5, 5.41) is 0. The van der Waals surface area contributed by atoms with Gasteiger partial charge in [0.2, 0.25) is 0 Å². The molecule has 1 aromatic carbocycles. The molecule has 0 saturated heterocycles. The van der Waals surface area contributed by atoms with E-state index in [-0.39, 0.29) is 25.0 Å². The first-order valence-electron chi connectivity index (χ1n) is 8.70. The van der Waals surface area contributed by atoms with Gasteiger partial charge in [0.05, 0.1) is 0 Å². The first-order valence-corrected chi connectivity index (χ1v) is 9.78. The number of hydrogen-bond donors (Lipinski definition) is 0. The Labute approximate surface area is 158 Å². The Kier molecular flexibility index (Phi) is 8.49. The van der Waals surface area contributed by atoms with E-state index in [0.717, 1.165) is 41.2 Å². The monoisotopic (exact) mass is 446 g/mol. The third-order valence-electron chi connectivity index (χ3n) is 4.19. The standard InChI is InChI=1S/C19H27IO4/c1-3-4-9-17(24-18(21)12-14-10-11-14)19(23-13-22-2)15-7-5-6-8-16(15)20/h5-8,14,17,19H,3-4,9-13H2,1-2H3/t17-,19-/m0/s1. The lowest BCUT2D eigenvalue weighted by Gasteiger charge is -2.28. The molecule has 0 spiro atoms. The third kappa shape index (κ3) is 6.33. The van der Waals surface area contributed by atoms with Gasteiger partial charge in [-0.25, -0.2) is 0 Å². The number of unbranched alkanes of at least 4 members (excludes halogenated alkanes) is 1. The fraction of sp³-hybridized carbons (Fsp3) is 0.632. The van der Waals surface area contributed by atoms with E-state index in [2.05, 4.69) is 29.5 Å². The highest BCUT2D eigenvalue weighted by Gasteiger charge is 2.31. The molecule has 1 aromatic rings. The molecule has 2 atom stereocenters. The molecule has 0 unspecified atom stereocenters. The number of ether oxygens (including phenoxy) is 3. The maximum atomic E-state index is 12.3. The summed E-state index contributed by atoms with van der Waals surface area (Å²) in [6.45, 7) is 2.32. The molecule has 0 radical (unpaired) electrons. The van der Waals surface area contributed by atoms with Crippen LogP contribution in [0, 0.1) is 9.49 Å². The van der Waals surface area contributed by atoms with Gasteiger partial charge in [-0.15, -0.1) is 0 Å². The molecule has 1 fully saturated rings. The van der Waals surface area contributed by atoms with Crippen LogP contribution in [0.25, 0.3) is 0 Å². The molecule has 1 saturated carbocycles. The van der Waals surface area contributed by atoms with Gasteiger partial charge in [-0.1, -0.05) is 31.5 Å². The van der Waals surface area contributed by atoms with Crippen LogP contribution in [-0.2, 0) is 19.0 Å². The van der Waals surface area contributed by atoms with E-state index in [0.29, 0.717) is 12.3 Å². The van der Waals surface area contributed by atoms with Crippen LogP contribution in [0.1, 0.15) is 57.1 Å². The zero-order valence-corrected chi connectivity index (χ0v) is 16.7. The molecule has 0 bridgehead atoms. The van der Waals surface area contributed by atoms with E-state index in [4.69, 9.17) is 14.2 Å². The van der Waals surface area contributed by atoms with Crippen LogP contribution in [0.15, 0.2) is 24.3 Å². The average molecular weight is 446 g/mol. The SMILES string of the molecule is CCCC[C@H](OC(=O)CC1CC1)[C@@H](OCOC)c1ccccc1I. The molecule has 1 aliphatic rings. The maximum absolute atomic E-state index is 12.3. The minimum absolute atomic E-state index is 0.101. The molecule has 4 nitrogen and oxygen atoms in total. The van der Waals surface area contributed by atoms with E-state index < -0.39 is 0 Å². The normalized spacial score (nSPS) is 16.6. The van der Waals surface area contributed by atoms with Crippen molar-refractivity contribution in [2.45, 2.75) is 57.7 Å². The fourth-order valence-electron chi connectivity index (χ4n) is 2.70. The summed E-state index contributed by atoms with van der Waals surface area (Å²) in [5.41, 5.74) is 1.05. The molecule has 134 valence electrons. The van der Waals surface area contributed by atoms with Crippen LogP contribution < -0.4 is 0 Å². The molecule has 5 heteroatoms.